The van der Waals surface area contributed by atoms with Crippen LogP contribution in [-0.2, 0) is 0 Å². The molecule has 3 heteroatoms. The highest BCUT2D eigenvalue weighted by Crippen LogP contribution is 2.10. The molecule has 1 aromatic rings. The molecule has 0 aliphatic heterocycles. The Balaban J connectivity index is 2.68. The molecule has 1 rings (SSSR count). The second-order valence-corrected chi connectivity index (χ2v) is 3.10. The maximum Gasteiger partial charge on any atom is 0.0992 e. The third-order valence-electron chi connectivity index (χ3n) is 1.48. The first-order valence-electron chi connectivity index (χ1n) is 3.79. The van der Waals surface area contributed by atoms with Crippen molar-refractivity contribution in [3.8, 4) is 6.07 Å². The summed E-state index contributed by atoms with van der Waals surface area (Å²) in [5.41, 5.74) is 1.51. The third-order valence-corrected chi connectivity index (χ3v) is 1.61. The minimum atomic E-state index is 0.510. The van der Waals surface area contributed by atoms with Gasteiger partial charge in [-0.3, -0.25) is 0 Å². The molecule has 66 valence electrons. The van der Waals surface area contributed by atoms with Gasteiger partial charge in [0.05, 0.1) is 18.2 Å². The highest BCUT2D eigenvalue weighted by Gasteiger charge is 1.94. The predicted molar refractivity (Wildman–Crippen MR) is 54.6 cm³/mol. The summed E-state index contributed by atoms with van der Waals surface area (Å²) in [6.45, 7) is 4.06. The Labute approximate surface area is 82.4 Å². The van der Waals surface area contributed by atoms with Crippen LogP contribution in [0.5, 0.6) is 0 Å². The van der Waals surface area contributed by atoms with Crippen LogP contribution < -0.4 is 5.32 Å². The van der Waals surface area contributed by atoms with Crippen molar-refractivity contribution in [1.29, 1.82) is 5.26 Å². The van der Waals surface area contributed by atoms with E-state index in [1.54, 1.807) is 12.1 Å². The van der Waals surface area contributed by atoms with Crippen LogP contribution in [0.2, 0.25) is 0 Å². The van der Waals surface area contributed by atoms with E-state index >= 15 is 0 Å². The fourth-order valence-electron chi connectivity index (χ4n) is 0.897. The molecule has 0 fully saturated rings. The molecule has 0 heterocycles. The van der Waals surface area contributed by atoms with E-state index in [0.717, 1.165) is 5.69 Å². The van der Waals surface area contributed by atoms with E-state index in [4.69, 9.17) is 16.9 Å². The largest absolute Gasteiger partial charge is 0.380 e. The van der Waals surface area contributed by atoms with E-state index in [-0.39, 0.29) is 0 Å². The Bertz CT molecular complexity index is 352. The second-order valence-electron chi connectivity index (χ2n) is 2.56. The number of hydrogen-bond acceptors (Lipinski definition) is 2. The number of rotatable bonds is 3. The molecular formula is C10H9ClN2. The maximum atomic E-state index is 8.62. The highest BCUT2D eigenvalue weighted by molar-refractivity contribution is 6.29. The molecule has 1 aromatic carbocycles. The maximum absolute atomic E-state index is 8.62. The van der Waals surface area contributed by atoms with Gasteiger partial charge in [0, 0.05) is 10.7 Å². The van der Waals surface area contributed by atoms with Crippen LogP contribution in [0, 0.1) is 11.3 Å². The topological polar surface area (TPSA) is 35.8 Å². The van der Waals surface area contributed by atoms with Crippen LogP contribution in [0.1, 0.15) is 5.56 Å². The van der Waals surface area contributed by atoms with Gasteiger partial charge in [-0.15, -0.1) is 0 Å². The minimum Gasteiger partial charge on any atom is -0.380 e. The second kappa shape index (κ2) is 4.54. The van der Waals surface area contributed by atoms with Crippen molar-refractivity contribution in [1.82, 2.24) is 0 Å². The van der Waals surface area contributed by atoms with E-state index in [1.165, 1.54) is 0 Å². The van der Waals surface area contributed by atoms with Crippen molar-refractivity contribution >= 4 is 17.3 Å². The van der Waals surface area contributed by atoms with E-state index in [0.29, 0.717) is 17.1 Å². The molecule has 0 saturated carbocycles. The Kier molecular flexibility index (Phi) is 3.36. The van der Waals surface area contributed by atoms with Gasteiger partial charge in [0.25, 0.3) is 0 Å². The summed E-state index contributed by atoms with van der Waals surface area (Å²) in [6, 6.07) is 9.27. The summed E-state index contributed by atoms with van der Waals surface area (Å²) < 4.78 is 0. The number of anilines is 1. The molecule has 0 aromatic heterocycles. The molecule has 0 amide bonds. The van der Waals surface area contributed by atoms with E-state index in [2.05, 4.69) is 18.0 Å². The van der Waals surface area contributed by atoms with Crippen molar-refractivity contribution in [2.45, 2.75) is 0 Å². The number of hydrogen-bond donors (Lipinski definition) is 1. The van der Waals surface area contributed by atoms with Gasteiger partial charge in [0.15, 0.2) is 0 Å². The fraction of sp³-hybridized carbons (Fsp3) is 0.100. The van der Waals surface area contributed by atoms with E-state index < -0.39 is 0 Å². The lowest BCUT2D eigenvalue weighted by Gasteiger charge is -2.04. The number of nitrogens with one attached hydrogen (secondary N) is 1. The normalized spacial score (nSPS) is 8.92. The summed E-state index contributed by atoms with van der Waals surface area (Å²) in [4.78, 5) is 0. The molecule has 0 spiro atoms. The zero-order valence-electron chi connectivity index (χ0n) is 7.05. The lowest BCUT2D eigenvalue weighted by atomic mass is 10.2. The van der Waals surface area contributed by atoms with Crippen LogP contribution in [0.4, 0.5) is 5.69 Å². The molecule has 0 atom stereocenters. The van der Waals surface area contributed by atoms with Crippen LogP contribution in [0.3, 0.4) is 0 Å². The van der Waals surface area contributed by atoms with Crippen molar-refractivity contribution < 1.29 is 0 Å². The van der Waals surface area contributed by atoms with Crippen LogP contribution >= 0.6 is 11.6 Å². The average Bonchev–Trinajstić information content (AvgIpc) is 2.15. The van der Waals surface area contributed by atoms with Gasteiger partial charge in [-0.05, 0) is 18.2 Å². The van der Waals surface area contributed by atoms with Gasteiger partial charge in [-0.1, -0.05) is 24.2 Å². The Morgan fingerprint density at radius 2 is 2.38 bits per heavy atom. The van der Waals surface area contributed by atoms with Crippen molar-refractivity contribution in [2.75, 3.05) is 11.9 Å². The Hall–Kier alpha value is -1.46. The van der Waals surface area contributed by atoms with Gasteiger partial charge >= 0.3 is 0 Å². The number of benzene rings is 1. The van der Waals surface area contributed by atoms with Crippen molar-refractivity contribution in [3.05, 3.63) is 41.4 Å². The van der Waals surface area contributed by atoms with E-state index in [1.807, 2.05) is 12.1 Å². The quantitative estimate of drug-likeness (QED) is 0.800. The zero-order chi connectivity index (χ0) is 9.68. The molecule has 0 radical (unpaired) electrons. The zero-order valence-corrected chi connectivity index (χ0v) is 7.80. The predicted octanol–water partition coefficient (Wildman–Crippen LogP) is 2.72. The first-order chi connectivity index (χ1) is 6.22. The first kappa shape index (κ1) is 9.63. The molecule has 0 aliphatic rings. The molecule has 0 saturated heterocycles. The molecule has 0 aliphatic carbocycles. The van der Waals surface area contributed by atoms with Crippen LogP contribution in [-0.4, -0.2) is 6.54 Å². The summed E-state index contributed by atoms with van der Waals surface area (Å²) in [6.07, 6.45) is 0. The van der Waals surface area contributed by atoms with Crippen LogP contribution in [0.15, 0.2) is 35.9 Å². The molecule has 0 bridgehead atoms. The molecule has 13 heavy (non-hydrogen) atoms. The van der Waals surface area contributed by atoms with E-state index in [9.17, 15) is 0 Å². The van der Waals surface area contributed by atoms with Crippen LogP contribution in [0.25, 0.3) is 0 Å². The lowest BCUT2D eigenvalue weighted by Crippen LogP contribution is -2.00. The first-order valence-corrected chi connectivity index (χ1v) is 4.17. The summed E-state index contributed by atoms with van der Waals surface area (Å²) >= 11 is 5.58. The average molecular weight is 193 g/mol. The number of nitriles is 1. The third kappa shape index (κ3) is 3.18. The number of nitrogens with zero attached hydrogens (tertiary/aromatic N) is 1. The molecule has 2 nitrogen and oxygen atoms in total. The summed E-state index contributed by atoms with van der Waals surface area (Å²) in [5.74, 6) is 0. The van der Waals surface area contributed by atoms with Gasteiger partial charge in [0.1, 0.15) is 0 Å². The minimum absolute atomic E-state index is 0.510. The van der Waals surface area contributed by atoms with Gasteiger partial charge < -0.3 is 5.32 Å². The highest BCUT2D eigenvalue weighted by atomic mass is 35.5. The monoisotopic (exact) mass is 192 g/mol. The lowest BCUT2D eigenvalue weighted by molar-refractivity contribution is 1.31. The summed E-state index contributed by atoms with van der Waals surface area (Å²) in [5, 5.41) is 12.2. The SMILES string of the molecule is C=C(Cl)CNc1cccc(C#N)c1. The number of halogens is 1. The summed E-state index contributed by atoms with van der Waals surface area (Å²) in [7, 11) is 0. The Morgan fingerprint density at radius 1 is 1.62 bits per heavy atom. The standard InChI is InChI=1S/C10H9ClN2/c1-8(11)7-13-10-4-2-3-9(5-10)6-12/h2-5,13H,1,7H2. The van der Waals surface area contributed by atoms with Gasteiger partial charge in [-0.2, -0.15) is 5.26 Å². The molecule has 1 N–H and O–H groups in total. The fourth-order valence-corrected chi connectivity index (χ4v) is 0.963. The molecule has 0 unspecified atom stereocenters. The van der Waals surface area contributed by atoms with Crippen molar-refractivity contribution in [2.24, 2.45) is 0 Å². The van der Waals surface area contributed by atoms with Gasteiger partial charge in [0.2, 0.25) is 0 Å². The molecular weight excluding hydrogens is 184 g/mol. The smallest absolute Gasteiger partial charge is 0.0992 e. The van der Waals surface area contributed by atoms with Gasteiger partial charge in [-0.25, -0.2) is 0 Å². The Morgan fingerprint density at radius 3 is 3.00 bits per heavy atom. The van der Waals surface area contributed by atoms with Crippen molar-refractivity contribution in [3.63, 3.8) is 0 Å².